The fourth-order valence-electron chi connectivity index (χ4n) is 2.94. The molecule has 0 radical (unpaired) electrons. The minimum absolute atomic E-state index is 0.128. The number of rotatable bonds is 3. The first-order chi connectivity index (χ1) is 13.3. The molecular formula is C18H14ClF3N6. The van der Waals surface area contributed by atoms with Gasteiger partial charge < -0.3 is 15.5 Å². The van der Waals surface area contributed by atoms with E-state index < -0.39 is 11.7 Å². The third-order valence-electron chi connectivity index (χ3n) is 4.18. The van der Waals surface area contributed by atoms with Gasteiger partial charge in [-0.2, -0.15) is 13.2 Å². The van der Waals surface area contributed by atoms with Gasteiger partial charge >= 0.3 is 6.18 Å². The molecule has 1 atom stereocenters. The van der Waals surface area contributed by atoms with Gasteiger partial charge in [-0.25, -0.2) is 9.97 Å². The molecule has 0 amide bonds. The zero-order valence-corrected chi connectivity index (χ0v) is 15.3. The van der Waals surface area contributed by atoms with Crippen molar-refractivity contribution in [3.05, 3.63) is 59.5 Å². The predicted octanol–water partition coefficient (Wildman–Crippen LogP) is 5.20. The molecule has 4 rings (SSSR count). The Balaban J connectivity index is 1.60. The van der Waals surface area contributed by atoms with Crippen molar-refractivity contribution in [2.75, 3.05) is 15.5 Å². The van der Waals surface area contributed by atoms with Gasteiger partial charge in [0.05, 0.1) is 28.7 Å². The lowest BCUT2D eigenvalue weighted by Gasteiger charge is -2.22. The molecule has 28 heavy (non-hydrogen) atoms. The second kappa shape index (κ2) is 6.83. The van der Waals surface area contributed by atoms with Crippen LogP contribution in [0.25, 0.3) is 0 Å². The number of aromatic nitrogens is 3. The summed E-state index contributed by atoms with van der Waals surface area (Å²) in [5.41, 5.74) is 0.522. The summed E-state index contributed by atoms with van der Waals surface area (Å²) in [7, 11) is 0. The van der Waals surface area contributed by atoms with Crippen molar-refractivity contribution < 1.29 is 13.2 Å². The van der Waals surface area contributed by atoms with E-state index in [2.05, 4.69) is 25.6 Å². The predicted molar refractivity (Wildman–Crippen MR) is 101 cm³/mol. The smallest absolute Gasteiger partial charge is 0.348 e. The summed E-state index contributed by atoms with van der Waals surface area (Å²) in [5, 5.41) is 6.68. The summed E-state index contributed by atoms with van der Waals surface area (Å²) in [6.45, 7) is 1.94. The van der Waals surface area contributed by atoms with Gasteiger partial charge in [0.1, 0.15) is 6.17 Å². The number of halogens is 4. The Labute approximate surface area is 163 Å². The molecule has 1 unspecified atom stereocenters. The summed E-state index contributed by atoms with van der Waals surface area (Å²) in [6, 6.07) is 6.48. The first-order valence-corrected chi connectivity index (χ1v) is 8.67. The van der Waals surface area contributed by atoms with Crippen LogP contribution >= 0.6 is 11.6 Å². The molecular weight excluding hydrogens is 393 g/mol. The average molecular weight is 407 g/mol. The van der Waals surface area contributed by atoms with E-state index in [9.17, 15) is 13.2 Å². The largest absolute Gasteiger partial charge is 0.416 e. The molecule has 1 aromatic carbocycles. The van der Waals surface area contributed by atoms with Crippen LogP contribution in [0.4, 0.5) is 42.0 Å². The standard InChI is InChI=1S/C18H14ClF3N6/c1-10-25-17-14(6-12(19)7-24-17)28(10)16-9-23-8-15(27-16)26-13-4-2-11(3-5-13)18(20,21)22/h2-10H,1H3,(H,24,25)(H,26,27). The lowest BCUT2D eigenvalue weighted by atomic mass is 10.2. The normalized spacial score (nSPS) is 15.9. The zero-order chi connectivity index (χ0) is 19.9. The quantitative estimate of drug-likeness (QED) is 0.623. The van der Waals surface area contributed by atoms with Gasteiger partial charge in [-0.1, -0.05) is 11.6 Å². The van der Waals surface area contributed by atoms with Crippen LogP contribution in [0.3, 0.4) is 0 Å². The highest BCUT2D eigenvalue weighted by molar-refractivity contribution is 6.30. The number of nitrogens with zero attached hydrogens (tertiary/aromatic N) is 4. The molecule has 0 fully saturated rings. The first kappa shape index (κ1) is 18.3. The number of hydrogen-bond donors (Lipinski definition) is 2. The number of fused-ring (bicyclic) bond motifs is 1. The van der Waals surface area contributed by atoms with Crippen LogP contribution in [-0.2, 0) is 6.18 Å². The molecule has 144 valence electrons. The van der Waals surface area contributed by atoms with Crippen molar-refractivity contribution in [2.45, 2.75) is 19.3 Å². The van der Waals surface area contributed by atoms with Gasteiger partial charge in [0.2, 0.25) is 0 Å². The van der Waals surface area contributed by atoms with Crippen LogP contribution in [0, 0.1) is 0 Å². The number of hydrogen-bond acceptors (Lipinski definition) is 6. The Morgan fingerprint density at radius 1 is 1.14 bits per heavy atom. The highest BCUT2D eigenvalue weighted by atomic mass is 35.5. The fourth-order valence-corrected chi connectivity index (χ4v) is 3.09. The lowest BCUT2D eigenvalue weighted by Crippen LogP contribution is -2.29. The van der Waals surface area contributed by atoms with E-state index in [1.807, 2.05) is 11.8 Å². The SMILES string of the molecule is CC1Nc2ncc(Cl)cc2N1c1cncc(Nc2ccc(C(F)(F)F)cc2)n1. The number of nitrogens with one attached hydrogen (secondary N) is 2. The lowest BCUT2D eigenvalue weighted by molar-refractivity contribution is -0.137. The van der Waals surface area contributed by atoms with Crippen LogP contribution in [-0.4, -0.2) is 21.1 Å². The summed E-state index contributed by atoms with van der Waals surface area (Å²) in [4.78, 5) is 14.9. The van der Waals surface area contributed by atoms with Crippen LogP contribution in [0.15, 0.2) is 48.9 Å². The molecule has 10 heteroatoms. The highest BCUT2D eigenvalue weighted by Crippen LogP contribution is 2.39. The second-order valence-electron chi connectivity index (χ2n) is 6.17. The van der Waals surface area contributed by atoms with Gasteiger partial charge in [-0.05, 0) is 37.3 Å². The van der Waals surface area contributed by atoms with E-state index in [0.29, 0.717) is 28.2 Å². The maximum absolute atomic E-state index is 12.7. The van der Waals surface area contributed by atoms with E-state index in [-0.39, 0.29) is 6.17 Å². The van der Waals surface area contributed by atoms with Crippen molar-refractivity contribution in [2.24, 2.45) is 0 Å². The molecule has 0 saturated heterocycles. The number of pyridine rings is 1. The molecule has 2 N–H and O–H groups in total. The minimum atomic E-state index is -4.38. The average Bonchev–Trinajstić information content (AvgIpc) is 2.96. The van der Waals surface area contributed by atoms with E-state index in [0.717, 1.165) is 17.8 Å². The number of alkyl halides is 3. The van der Waals surface area contributed by atoms with Crippen LogP contribution in [0.1, 0.15) is 12.5 Å². The molecule has 1 aliphatic heterocycles. The number of benzene rings is 1. The Hall–Kier alpha value is -3.07. The third-order valence-corrected chi connectivity index (χ3v) is 4.39. The van der Waals surface area contributed by atoms with Gasteiger partial charge in [0, 0.05) is 11.9 Å². The maximum atomic E-state index is 12.7. The van der Waals surface area contributed by atoms with Gasteiger partial charge in [0.15, 0.2) is 17.5 Å². The van der Waals surface area contributed by atoms with Crippen molar-refractivity contribution in [1.29, 1.82) is 0 Å². The monoisotopic (exact) mass is 406 g/mol. The second-order valence-corrected chi connectivity index (χ2v) is 6.61. The van der Waals surface area contributed by atoms with E-state index in [1.165, 1.54) is 18.3 Å². The Bertz CT molecular complexity index is 1010. The molecule has 3 aromatic rings. The highest BCUT2D eigenvalue weighted by Gasteiger charge is 2.30. The minimum Gasteiger partial charge on any atom is -0.348 e. The molecule has 0 saturated carbocycles. The molecule has 0 aliphatic carbocycles. The molecule has 6 nitrogen and oxygen atoms in total. The molecule has 0 spiro atoms. The van der Waals surface area contributed by atoms with Gasteiger partial charge in [-0.15, -0.1) is 0 Å². The van der Waals surface area contributed by atoms with Crippen molar-refractivity contribution in [1.82, 2.24) is 15.0 Å². The van der Waals surface area contributed by atoms with Gasteiger partial charge in [-0.3, -0.25) is 4.98 Å². The first-order valence-electron chi connectivity index (χ1n) is 8.29. The van der Waals surface area contributed by atoms with Gasteiger partial charge in [0.25, 0.3) is 0 Å². The van der Waals surface area contributed by atoms with E-state index in [4.69, 9.17) is 11.6 Å². The Kier molecular flexibility index (Phi) is 4.46. The fraction of sp³-hybridized carbons (Fsp3) is 0.167. The Morgan fingerprint density at radius 3 is 2.61 bits per heavy atom. The molecule has 1 aliphatic rings. The topological polar surface area (TPSA) is 66.0 Å². The summed E-state index contributed by atoms with van der Waals surface area (Å²) in [5.74, 6) is 1.62. The molecule has 0 bridgehead atoms. The van der Waals surface area contributed by atoms with Crippen LogP contribution in [0.2, 0.25) is 5.02 Å². The van der Waals surface area contributed by atoms with Crippen molar-refractivity contribution in [3.63, 3.8) is 0 Å². The van der Waals surface area contributed by atoms with E-state index >= 15 is 0 Å². The number of anilines is 5. The van der Waals surface area contributed by atoms with Crippen LogP contribution in [0.5, 0.6) is 0 Å². The maximum Gasteiger partial charge on any atom is 0.416 e. The van der Waals surface area contributed by atoms with E-state index in [1.54, 1.807) is 18.5 Å². The summed E-state index contributed by atoms with van der Waals surface area (Å²) in [6.07, 6.45) is 0.132. The van der Waals surface area contributed by atoms with Crippen molar-refractivity contribution >= 4 is 40.4 Å². The summed E-state index contributed by atoms with van der Waals surface area (Å²) >= 11 is 6.06. The molecule has 2 aromatic heterocycles. The third kappa shape index (κ3) is 3.53. The Morgan fingerprint density at radius 2 is 1.89 bits per heavy atom. The van der Waals surface area contributed by atoms with Crippen molar-refractivity contribution in [3.8, 4) is 0 Å². The molecule has 3 heterocycles. The summed E-state index contributed by atoms with van der Waals surface area (Å²) < 4.78 is 38.1. The zero-order valence-electron chi connectivity index (χ0n) is 14.5. The van der Waals surface area contributed by atoms with Crippen LogP contribution < -0.4 is 15.5 Å².